The van der Waals surface area contributed by atoms with Crippen LogP contribution in [0.25, 0.3) is 0 Å². The highest BCUT2D eigenvalue weighted by Gasteiger charge is 2.29. The van der Waals surface area contributed by atoms with Crippen LogP contribution in [-0.4, -0.2) is 11.6 Å². The van der Waals surface area contributed by atoms with Crippen LogP contribution in [0, 0.1) is 0 Å². The number of allylic oxidation sites excluding steroid dienone is 2. The van der Waals surface area contributed by atoms with Gasteiger partial charge in [-0.1, -0.05) is 54.6 Å². The fraction of sp³-hybridized carbons (Fsp3) is 0.105. The highest BCUT2D eigenvalue weighted by molar-refractivity contribution is 6.10. The van der Waals surface area contributed by atoms with E-state index in [4.69, 9.17) is 5.73 Å². The highest BCUT2D eigenvalue weighted by Crippen LogP contribution is 2.30. The topological polar surface area (TPSA) is 55.1 Å². The molecule has 1 aliphatic carbocycles. The van der Waals surface area contributed by atoms with E-state index in [0.29, 0.717) is 22.5 Å². The van der Waals surface area contributed by atoms with Gasteiger partial charge < -0.3 is 11.1 Å². The fourth-order valence-corrected chi connectivity index (χ4v) is 2.47. The third-order valence-corrected chi connectivity index (χ3v) is 3.75. The van der Waals surface area contributed by atoms with Gasteiger partial charge in [0.15, 0.2) is 5.78 Å². The van der Waals surface area contributed by atoms with E-state index in [9.17, 15) is 9.18 Å². The second-order valence-corrected chi connectivity index (χ2v) is 5.47. The van der Waals surface area contributed by atoms with Gasteiger partial charge in [0.05, 0.1) is 11.4 Å². The largest absolute Gasteiger partial charge is 0.397 e. The summed E-state index contributed by atoms with van der Waals surface area (Å²) in [5.74, 6) is -1.86. The SMILES string of the molecule is Nc1ccccc1NC1(F)C=CC(C(=O)c2ccccc2)=CC1. The molecule has 1 unspecified atom stereocenters. The Morgan fingerprint density at radius 3 is 2.43 bits per heavy atom. The normalized spacial score (nSPS) is 20.0. The predicted molar refractivity (Wildman–Crippen MR) is 90.9 cm³/mol. The molecule has 0 aliphatic heterocycles. The quantitative estimate of drug-likeness (QED) is 0.507. The second-order valence-electron chi connectivity index (χ2n) is 5.47. The highest BCUT2D eigenvalue weighted by atomic mass is 19.1. The number of hydrogen-bond donors (Lipinski definition) is 2. The molecule has 3 N–H and O–H groups in total. The van der Waals surface area contributed by atoms with E-state index in [0.717, 1.165) is 0 Å². The summed E-state index contributed by atoms with van der Waals surface area (Å²) in [5.41, 5.74) is 7.92. The van der Waals surface area contributed by atoms with Gasteiger partial charge in [0.1, 0.15) is 0 Å². The number of ketones is 1. The first-order valence-electron chi connectivity index (χ1n) is 7.38. The van der Waals surface area contributed by atoms with Gasteiger partial charge in [-0.05, 0) is 18.2 Å². The molecule has 0 fully saturated rings. The lowest BCUT2D eigenvalue weighted by Crippen LogP contribution is -2.32. The molecule has 2 aromatic rings. The molecule has 1 atom stereocenters. The number of hydrogen-bond acceptors (Lipinski definition) is 3. The Balaban J connectivity index is 1.74. The molecule has 0 aromatic heterocycles. The number of Topliss-reactive ketones (excluding diaryl/α,β-unsaturated/α-hetero) is 1. The van der Waals surface area contributed by atoms with Crippen LogP contribution in [0.3, 0.4) is 0 Å². The van der Waals surface area contributed by atoms with Crippen molar-refractivity contribution in [2.45, 2.75) is 12.2 Å². The van der Waals surface area contributed by atoms with Crippen LogP contribution in [0.5, 0.6) is 0 Å². The van der Waals surface area contributed by atoms with Crippen LogP contribution in [0.1, 0.15) is 16.8 Å². The first kappa shape index (κ1) is 15.0. The van der Waals surface area contributed by atoms with Crippen LogP contribution in [0.15, 0.2) is 78.4 Å². The average molecular weight is 308 g/mol. The number of halogens is 1. The van der Waals surface area contributed by atoms with E-state index in [-0.39, 0.29) is 12.2 Å². The van der Waals surface area contributed by atoms with Crippen molar-refractivity contribution in [3.05, 3.63) is 84.0 Å². The molecule has 0 saturated heterocycles. The summed E-state index contributed by atoms with van der Waals surface area (Å²) >= 11 is 0. The first-order chi connectivity index (χ1) is 11.1. The maximum Gasteiger partial charge on any atom is 0.203 e. The Labute approximate surface area is 134 Å². The van der Waals surface area contributed by atoms with E-state index in [2.05, 4.69) is 5.32 Å². The van der Waals surface area contributed by atoms with Gasteiger partial charge in [-0.15, -0.1) is 0 Å². The molecule has 0 amide bonds. The third-order valence-electron chi connectivity index (χ3n) is 3.75. The first-order valence-corrected chi connectivity index (χ1v) is 7.38. The Morgan fingerprint density at radius 2 is 1.78 bits per heavy atom. The maximum absolute atomic E-state index is 14.9. The number of carbonyl (C=O) groups is 1. The maximum atomic E-state index is 14.9. The van der Waals surface area contributed by atoms with Crippen LogP contribution < -0.4 is 11.1 Å². The molecule has 116 valence electrons. The molecule has 0 bridgehead atoms. The Hall–Kier alpha value is -2.88. The van der Waals surface area contributed by atoms with Gasteiger partial charge in [-0.2, -0.15) is 0 Å². The number of para-hydroxylation sites is 2. The monoisotopic (exact) mass is 308 g/mol. The minimum absolute atomic E-state index is 0.0613. The van der Waals surface area contributed by atoms with Gasteiger partial charge in [-0.3, -0.25) is 4.79 Å². The van der Waals surface area contributed by atoms with Crippen LogP contribution >= 0.6 is 0 Å². The Bertz CT molecular complexity index is 783. The summed E-state index contributed by atoms with van der Waals surface area (Å²) in [6.07, 6.45) is 4.56. The van der Waals surface area contributed by atoms with E-state index in [1.165, 1.54) is 12.2 Å². The van der Waals surface area contributed by atoms with E-state index < -0.39 is 5.79 Å². The zero-order valence-electron chi connectivity index (χ0n) is 12.5. The molecular weight excluding hydrogens is 291 g/mol. The van der Waals surface area contributed by atoms with Crippen molar-refractivity contribution in [2.75, 3.05) is 11.1 Å². The van der Waals surface area contributed by atoms with Crippen molar-refractivity contribution in [1.29, 1.82) is 0 Å². The molecule has 0 heterocycles. The van der Waals surface area contributed by atoms with Crippen LogP contribution in [0.4, 0.5) is 15.8 Å². The number of anilines is 2. The molecule has 3 nitrogen and oxygen atoms in total. The van der Waals surface area contributed by atoms with Crippen molar-refractivity contribution in [3.63, 3.8) is 0 Å². The number of nitrogen functional groups attached to an aromatic ring is 1. The molecule has 3 rings (SSSR count). The summed E-state index contributed by atoms with van der Waals surface area (Å²) in [4.78, 5) is 12.3. The van der Waals surface area contributed by atoms with Crippen LogP contribution in [0.2, 0.25) is 0 Å². The van der Waals surface area contributed by atoms with E-state index >= 15 is 0 Å². The van der Waals surface area contributed by atoms with E-state index in [1.54, 1.807) is 54.6 Å². The second kappa shape index (κ2) is 6.08. The minimum atomic E-state index is -1.75. The summed E-state index contributed by atoms with van der Waals surface area (Å²) in [6, 6.07) is 16.0. The Morgan fingerprint density at radius 1 is 1.09 bits per heavy atom. The van der Waals surface area contributed by atoms with Crippen molar-refractivity contribution < 1.29 is 9.18 Å². The fourth-order valence-electron chi connectivity index (χ4n) is 2.47. The smallest absolute Gasteiger partial charge is 0.203 e. The Kier molecular flexibility index (Phi) is 3.98. The number of nitrogens with one attached hydrogen (secondary N) is 1. The molecule has 0 radical (unpaired) electrons. The van der Waals surface area contributed by atoms with Gasteiger partial charge in [0, 0.05) is 17.6 Å². The van der Waals surface area contributed by atoms with Crippen molar-refractivity contribution in [1.82, 2.24) is 0 Å². The lowest BCUT2D eigenvalue weighted by molar-refractivity contribution is 0.103. The number of rotatable bonds is 4. The number of alkyl halides is 1. The molecule has 23 heavy (non-hydrogen) atoms. The van der Waals surface area contributed by atoms with Gasteiger partial charge >= 0.3 is 0 Å². The number of benzene rings is 2. The lowest BCUT2D eigenvalue weighted by atomic mass is 9.95. The third kappa shape index (κ3) is 3.31. The van der Waals surface area contributed by atoms with Gasteiger partial charge in [0.25, 0.3) is 0 Å². The zero-order valence-corrected chi connectivity index (χ0v) is 12.5. The lowest BCUT2D eigenvalue weighted by Gasteiger charge is -2.26. The predicted octanol–water partition coefficient (Wildman–Crippen LogP) is 4.12. The molecule has 2 aromatic carbocycles. The van der Waals surface area contributed by atoms with Gasteiger partial charge in [-0.25, -0.2) is 4.39 Å². The summed E-state index contributed by atoms with van der Waals surface area (Å²) in [5, 5.41) is 2.79. The number of nitrogens with two attached hydrogens (primary N) is 1. The molecule has 0 spiro atoms. The van der Waals surface area contributed by atoms with Crippen LogP contribution in [-0.2, 0) is 0 Å². The number of carbonyl (C=O) groups excluding carboxylic acids is 1. The molecular formula is C19H17FN2O. The molecule has 1 aliphatic rings. The zero-order chi connectivity index (χ0) is 16.3. The summed E-state index contributed by atoms with van der Waals surface area (Å²) in [7, 11) is 0. The minimum Gasteiger partial charge on any atom is -0.397 e. The summed E-state index contributed by atoms with van der Waals surface area (Å²) < 4.78 is 14.9. The average Bonchev–Trinajstić information content (AvgIpc) is 2.58. The van der Waals surface area contributed by atoms with Crippen molar-refractivity contribution in [3.8, 4) is 0 Å². The summed E-state index contributed by atoms with van der Waals surface area (Å²) in [6.45, 7) is 0. The molecule has 4 heteroatoms. The van der Waals surface area contributed by atoms with Crippen molar-refractivity contribution >= 4 is 17.2 Å². The standard InChI is InChI=1S/C19H17FN2O/c20-19(22-17-9-5-4-8-16(17)21)12-10-15(11-13-19)18(23)14-6-2-1-3-7-14/h1-12,22H,13,21H2. The molecule has 0 saturated carbocycles. The van der Waals surface area contributed by atoms with E-state index in [1.807, 2.05) is 6.07 Å². The van der Waals surface area contributed by atoms with Crippen molar-refractivity contribution in [2.24, 2.45) is 0 Å². The van der Waals surface area contributed by atoms with Gasteiger partial charge in [0.2, 0.25) is 5.79 Å².